The van der Waals surface area contributed by atoms with Gasteiger partial charge in [0.1, 0.15) is 0 Å². The molecule has 2 bridgehead atoms. The maximum Gasteiger partial charge on any atom is 0.416 e. The monoisotopic (exact) mass is 678 g/mol. The first-order valence-electron chi connectivity index (χ1n) is 17.2. The number of rotatable bonds is 5. The van der Waals surface area contributed by atoms with Crippen molar-refractivity contribution in [1.82, 2.24) is 9.80 Å². The van der Waals surface area contributed by atoms with Crippen LogP contribution in [0, 0.1) is 5.41 Å². The number of ketones is 1. The van der Waals surface area contributed by atoms with E-state index in [-0.39, 0.29) is 17.4 Å². The summed E-state index contributed by atoms with van der Waals surface area (Å²) < 4.78 is 46.3. The molecule has 4 aliphatic rings. The number of β-amino-alcohol motifs (C(OH)–C–C–N with tert-alkyl or cyclic N) is 1. The highest BCUT2D eigenvalue weighted by molar-refractivity contribution is 6.10. The number of hydrogen-bond acceptors (Lipinski definition) is 6. The van der Waals surface area contributed by atoms with Gasteiger partial charge in [0.15, 0.2) is 11.5 Å². The minimum atomic E-state index is -4.59. The summed E-state index contributed by atoms with van der Waals surface area (Å²) in [7, 11) is 0. The molecule has 4 unspecified atom stereocenters. The third-order valence-electron chi connectivity index (χ3n) is 11.2. The maximum atomic E-state index is 14.2. The SMILES string of the molecule is CC1=CCCC2(C)C(CCC2(O)CN2CCN(C(=O)c3ccco3)CC2)c2ccc(cc2C(=O)c2cccc(C(F)(F)F)c2)CC(O)CC1. The largest absolute Gasteiger partial charge is 0.459 e. The van der Waals surface area contributed by atoms with Crippen molar-refractivity contribution in [2.24, 2.45) is 5.41 Å². The standard InChI is InChI=1S/C39H45F3N2O5/c1-26-6-4-15-37(2)33(14-16-38(37,48)25-43-17-19-44(20-18-43)36(47)34-9-5-21-49-34)31-13-11-27(22-30(45)12-10-26)23-32(31)35(46)28-7-3-8-29(24-28)39(40,41)42/h3,5-9,11,13,21,23-24,30,33,45,48H,4,10,12,14-20,22,25H2,1-2H3. The van der Waals surface area contributed by atoms with Crippen molar-refractivity contribution in [3.63, 3.8) is 0 Å². The van der Waals surface area contributed by atoms with Gasteiger partial charge in [-0.05, 0) is 99.2 Å². The molecule has 262 valence electrons. The molecular weight excluding hydrogens is 633 g/mol. The Hall–Kier alpha value is -3.73. The molecule has 1 amide bonds. The number of aliphatic hydroxyl groups is 2. The summed E-state index contributed by atoms with van der Waals surface area (Å²) in [5.41, 5.74) is 0.191. The third kappa shape index (κ3) is 7.28. The van der Waals surface area contributed by atoms with Crippen LogP contribution in [0.2, 0.25) is 0 Å². The number of amides is 1. The summed E-state index contributed by atoms with van der Waals surface area (Å²) in [5, 5.41) is 23.5. The van der Waals surface area contributed by atoms with Gasteiger partial charge in [0.25, 0.3) is 5.91 Å². The highest BCUT2D eigenvalue weighted by Gasteiger charge is 2.57. The number of allylic oxidation sites excluding steroid dienone is 2. The van der Waals surface area contributed by atoms with Gasteiger partial charge in [0.05, 0.1) is 23.5 Å². The van der Waals surface area contributed by atoms with Crippen LogP contribution >= 0.6 is 0 Å². The lowest BCUT2D eigenvalue weighted by atomic mass is 9.64. The zero-order chi connectivity index (χ0) is 35.0. The number of fused-ring (bicyclic) bond motifs is 8. The second-order valence-corrected chi connectivity index (χ2v) is 14.4. The minimum Gasteiger partial charge on any atom is -0.459 e. The Morgan fingerprint density at radius 1 is 1.00 bits per heavy atom. The Morgan fingerprint density at radius 3 is 2.49 bits per heavy atom. The zero-order valence-corrected chi connectivity index (χ0v) is 28.1. The van der Waals surface area contributed by atoms with Gasteiger partial charge >= 0.3 is 6.18 Å². The number of nitrogens with zero attached hydrogens (tertiary/aromatic N) is 2. The van der Waals surface area contributed by atoms with Crippen molar-refractivity contribution < 1.29 is 37.4 Å². The van der Waals surface area contributed by atoms with Crippen LogP contribution in [0.25, 0.3) is 0 Å². The first kappa shape index (κ1) is 35.1. The van der Waals surface area contributed by atoms with Crippen LogP contribution in [-0.4, -0.2) is 76.1 Å². The molecule has 7 rings (SSSR count). The molecule has 2 heterocycles. The Bertz CT molecular complexity index is 1690. The fourth-order valence-corrected chi connectivity index (χ4v) is 8.22. The van der Waals surface area contributed by atoms with E-state index in [0.29, 0.717) is 94.6 Å². The lowest BCUT2D eigenvalue weighted by molar-refractivity contribution is -0.137. The van der Waals surface area contributed by atoms with Crippen LogP contribution in [0.5, 0.6) is 0 Å². The summed E-state index contributed by atoms with van der Waals surface area (Å²) >= 11 is 0. The van der Waals surface area contributed by atoms with Crippen molar-refractivity contribution >= 4 is 11.7 Å². The first-order valence-corrected chi connectivity index (χ1v) is 17.2. The average Bonchev–Trinajstić information content (AvgIpc) is 3.70. The van der Waals surface area contributed by atoms with Crippen LogP contribution in [0.1, 0.15) is 101 Å². The van der Waals surface area contributed by atoms with Gasteiger partial charge in [-0.25, -0.2) is 0 Å². The number of carbonyl (C=O) groups excluding carboxylic acids is 2. The van der Waals surface area contributed by atoms with Crippen LogP contribution in [0.4, 0.5) is 13.2 Å². The molecule has 3 aliphatic carbocycles. The predicted molar refractivity (Wildman–Crippen MR) is 179 cm³/mol. The van der Waals surface area contributed by atoms with E-state index >= 15 is 0 Å². The number of hydrogen-bond donors (Lipinski definition) is 2. The molecular formula is C39H45F3N2O5. The van der Waals surface area contributed by atoms with Crippen LogP contribution < -0.4 is 0 Å². The van der Waals surface area contributed by atoms with Crippen LogP contribution in [0.15, 0.2) is 76.9 Å². The lowest BCUT2D eigenvalue weighted by Crippen LogP contribution is -2.57. The predicted octanol–water partition coefficient (Wildman–Crippen LogP) is 7.03. The van der Waals surface area contributed by atoms with Gasteiger partial charge in [-0.15, -0.1) is 0 Å². The average molecular weight is 679 g/mol. The normalized spacial score (nSPS) is 27.0. The highest BCUT2D eigenvalue weighted by Crippen LogP contribution is 2.59. The Morgan fingerprint density at radius 2 is 1.78 bits per heavy atom. The van der Waals surface area contributed by atoms with Crippen molar-refractivity contribution in [3.05, 3.63) is 106 Å². The number of carbonyl (C=O) groups is 2. The molecule has 2 N–H and O–H groups in total. The van der Waals surface area contributed by atoms with Gasteiger partial charge < -0.3 is 19.5 Å². The Kier molecular flexibility index (Phi) is 9.95. The molecule has 3 aromatic rings. The lowest BCUT2D eigenvalue weighted by Gasteiger charge is -2.47. The van der Waals surface area contributed by atoms with E-state index < -0.39 is 34.6 Å². The second-order valence-electron chi connectivity index (χ2n) is 14.4. The Balaban J connectivity index is 1.34. The van der Waals surface area contributed by atoms with E-state index in [1.807, 2.05) is 12.1 Å². The summed E-state index contributed by atoms with van der Waals surface area (Å²) in [5.74, 6) is -0.606. The molecule has 1 aliphatic heterocycles. The highest BCUT2D eigenvalue weighted by atomic mass is 19.4. The molecule has 7 nitrogen and oxygen atoms in total. The van der Waals surface area contributed by atoms with Crippen molar-refractivity contribution in [3.8, 4) is 0 Å². The third-order valence-corrected chi connectivity index (χ3v) is 11.2. The minimum absolute atomic E-state index is 0.0506. The molecule has 2 fully saturated rings. The van der Waals surface area contributed by atoms with Crippen molar-refractivity contribution in [2.75, 3.05) is 32.7 Å². The van der Waals surface area contributed by atoms with Gasteiger partial charge in [0, 0.05) is 49.3 Å². The summed E-state index contributed by atoms with van der Waals surface area (Å²) in [6.45, 7) is 6.72. The van der Waals surface area contributed by atoms with E-state index in [1.165, 1.54) is 24.0 Å². The van der Waals surface area contributed by atoms with Gasteiger partial charge in [-0.2, -0.15) is 13.2 Å². The number of benzene rings is 2. The van der Waals surface area contributed by atoms with Gasteiger partial charge in [-0.3, -0.25) is 14.5 Å². The maximum absolute atomic E-state index is 14.2. The smallest absolute Gasteiger partial charge is 0.416 e. The molecule has 4 atom stereocenters. The van der Waals surface area contributed by atoms with E-state index in [9.17, 15) is 33.0 Å². The molecule has 49 heavy (non-hydrogen) atoms. The molecule has 1 aromatic heterocycles. The van der Waals surface area contributed by atoms with Gasteiger partial charge in [0.2, 0.25) is 0 Å². The topological polar surface area (TPSA) is 94.2 Å². The van der Waals surface area contributed by atoms with Crippen molar-refractivity contribution in [1.29, 1.82) is 0 Å². The number of alkyl halides is 3. The fourth-order valence-electron chi connectivity index (χ4n) is 8.22. The fraction of sp³-hybridized carbons (Fsp3) is 0.487. The van der Waals surface area contributed by atoms with Crippen LogP contribution in [0.3, 0.4) is 0 Å². The molecule has 1 saturated heterocycles. The molecule has 2 aromatic carbocycles. The number of halogens is 3. The molecule has 0 spiro atoms. The second kappa shape index (κ2) is 13.9. The number of aliphatic hydroxyl groups excluding tert-OH is 1. The zero-order valence-electron chi connectivity index (χ0n) is 28.1. The van der Waals surface area contributed by atoms with Crippen molar-refractivity contribution in [2.45, 2.75) is 82.6 Å². The number of piperazine rings is 1. The van der Waals surface area contributed by atoms with E-state index in [2.05, 4.69) is 24.8 Å². The summed E-state index contributed by atoms with van der Waals surface area (Å²) in [6, 6.07) is 13.4. The van der Waals surface area contributed by atoms with E-state index in [1.54, 1.807) is 23.1 Å². The van der Waals surface area contributed by atoms with Crippen LogP contribution in [-0.2, 0) is 12.6 Å². The molecule has 0 radical (unpaired) electrons. The molecule has 1 saturated carbocycles. The van der Waals surface area contributed by atoms with E-state index in [0.717, 1.165) is 17.7 Å². The summed E-state index contributed by atoms with van der Waals surface area (Å²) in [4.78, 5) is 31.0. The Labute approximate surface area is 285 Å². The summed E-state index contributed by atoms with van der Waals surface area (Å²) in [6.07, 6.45) is 2.40. The molecule has 10 heteroatoms. The first-order chi connectivity index (χ1) is 23.3. The van der Waals surface area contributed by atoms with Gasteiger partial charge in [-0.1, -0.05) is 42.8 Å². The quantitative estimate of drug-likeness (QED) is 0.223. The van der Waals surface area contributed by atoms with E-state index in [4.69, 9.17) is 4.42 Å². The number of furan rings is 1.